The quantitative estimate of drug-likeness (QED) is 0.177. The van der Waals surface area contributed by atoms with E-state index in [0.29, 0.717) is 43.4 Å². The average Bonchev–Trinajstić information content (AvgIpc) is 3.52. The van der Waals surface area contributed by atoms with Crippen molar-refractivity contribution in [3.8, 4) is 17.1 Å². The fourth-order valence-electron chi connectivity index (χ4n) is 4.41. The normalized spacial score (nSPS) is 15.0. The molecule has 2 aromatic carbocycles. The van der Waals surface area contributed by atoms with Crippen LogP contribution in [0.4, 0.5) is 5.69 Å². The van der Waals surface area contributed by atoms with Gasteiger partial charge < -0.3 is 13.9 Å². The number of fused-ring (bicyclic) bond motifs is 1. The summed E-state index contributed by atoms with van der Waals surface area (Å²) in [4.78, 5) is 42.2. The summed E-state index contributed by atoms with van der Waals surface area (Å²) in [7, 11) is 1.56. The van der Waals surface area contributed by atoms with Gasteiger partial charge in [-0.05, 0) is 49.7 Å². The fraction of sp³-hybridized carbons (Fsp3) is 0.179. The lowest BCUT2D eigenvalue weighted by Gasteiger charge is -2.24. The van der Waals surface area contributed by atoms with Crippen LogP contribution >= 0.6 is 22.9 Å². The van der Waals surface area contributed by atoms with E-state index in [4.69, 9.17) is 25.5 Å². The van der Waals surface area contributed by atoms with E-state index in [2.05, 4.69) is 4.99 Å². The number of hydrogen-bond acceptors (Lipinski definition) is 9. The molecular weight excluding hydrogens is 558 g/mol. The molecule has 0 saturated heterocycles. The molecule has 0 radical (unpaired) electrons. The summed E-state index contributed by atoms with van der Waals surface area (Å²) in [6.45, 7) is 3.61. The second-order valence-corrected chi connectivity index (χ2v) is 10.1. The number of carbonyl (C=O) groups excluding carboxylic acids is 1. The van der Waals surface area contributed by atoms with Gasteiger partial charge in [0.05, 0.1) is 45.5 Å². The number of benzene rings is 2. The van der Waals surface area contributed by atoms with Crippen molar-refractivity contribution in [2.45, 2.75) is 19.9 Å². The molecule has 12 heteroatoms. The molecule has 0 bridgehead atoms. The Morgan fingerprint density at radius 2 is 1.98 bits per heavy atom. The first-order valence-corrected chi connectivity index (χ1v) is 13.3. The van der Waals surface area contributed by atoms with Gasteiger partial charge >= 0.3 is 5.97 Å². The Hall–Kier alpha value is -4.48. The van der Waals surface area contributed by atoms with Crippen LogP contribution in [0.25, 0.3) is 17.4 Å². The highest BCUT2D eigenvalue weighted by atomic mass is 35.5. The summed E-state index contributed by atoms with van der Waals surface area (Å²) in [5, 5.41) is 11.2. The molecule has 5 rings (SSSR count). The Labute approximate surface area is 236 Å². The molecule has 0 amide bonds. The number of aromatic nitrogens is 1. The Morgan fingerprint density at radius 3 is 2.62 bits per heavy atom. The lowest BCUT2D eigenvalue weighted by atomic mass is 9.96. The zero-order chi connectivity index (χ0) is 28.6. The number of furan rings is 1. The highest BCUT2D eigenvalue weighted by Gasteiger charge is 2.33. The van der Waals surface area contributed by atoms with Gasteiger partial charge in [0.25, 0.3) is 11.2 Å². The van der Waals surface area contributed by atoms with Crippen molar-refractivity contribution in [3.63, 3.8) is 0 Å². The zero-order valence-corrected chi connectivity index (χ0v) is 23.1. The van der Waals surface area contributed by atoms with Crippen LogP contribution in [0.3, 0.4) is 0 Å². The Kier molecular flexibility index (Phi) is 7.42. The van der Waals surface area contributed by atoms with E-state index in [1.165, 1.54) is 22.8 Å². The van der Waals surface area contributed by atoms with Gasteiger partial charge in [-0.25, -0.2) is 9.79 Å². The molecule has 204 valence electrons. The number of thiazole rings is 1. The third kappa shape index (κ3) is 4.96. The first-order valence-electron chi connectivity index (χ1n) is 12.1. The number of ether oxygens (including phenoxy) is 2. The molecule has 1 unspecified atom stereocenters. The molecule has 0 N–H and O–H groups in total. The van der Waals surface area contributed by atoms with Crippen LogP contribution in [0.5, 0.6) is 5.75 Å². The fourth-order valence-corrected chi connectivity index (χ4v) is 5.71. The number of non-ortho nitro benzene ring substituents is 1. The van der Waals surface area contributed by atoms with Gasteiger partial charge in [0.15, 0.2) is 4.80 Å². The van der Waals surface area contributed by atoms with E-state index in [1.54, 1.807) is 63.4 Å². The van der Waals surface area contributed by atoms with Gasteiger partial charge in [-0.3, -0.25) is 19.5 Å². The van der Waals surface area contributed by atoms with E-state index in [0.717, 1.165) is 11.3 Å². The molecule has 0 fully saturated rings. The predicted octanol–water partition coefficient (Wildman–Crippen LogP) is 4.63. The molecule has 4 aromatic rings. The van der Waals surface area contributed by atoms with Gasteiger partial charge in [-0.15, -0.1) is 0 Å². The third-order valence-electron chi connectivity index (χ3n) is 6.28. The van der Waals surface area contributed by atoms with E-state index >= 15 is 0 Å². The summed E-state index contributed by atoms with van der Waals surface area (Å²) < 4.78 is 18.3. The number of halogens is 1. The maximum atomic E-state index is 13.7. The monoisotopic (exact) mass is 579 g/mol. The van der Waals surface area contributed by atoms with Crippen molar-refractivity contribution in [1.82, 2.24) is 4.57 Å². The van der Waals surface area contributed by atoms with Gasteiger partial charge in [0, 0.05) is 23.8 Å². The first-order chi connectivity index (χ1) is 19.2. The predicted molar refractivity (Wildman–Crippen MR) is 149 cm³/mol. The standard InChI is InChI=1S/C28H22ClN3O7S/c1-4-38-27(34)24-15(2)30-28-31(25(24)16-5-8-18(37-3)9-6-16)26(33)23(40-28)14-19-10-12-22(39-19)20-11-7-17(32(35)36)13-21(20)29/h5-14,25H,4H2,1-3H3/b23-14-. The maximum absolute atomic E-state index is 13.7. The second kappa shape index (κ2) is 10.9. The van der Waals surface area contributed by atoms with E-state index in [9.17, 15) is 19.7 Å². The molecule has 0 aliphatic carbocycles. The van der Waals surface area contributed by atoms with Crippen LogP contribution in [-0.2, 0) is 9.53 Å². The smallest absolute Gasteiger partial charge is 0.338 e. The number of esters is 1. The van der Waals surface area contributed by atoms with Crippen molar-refractivity contribution in [2.75, 3.05) is 13.7 Å². The molecule has 1 atom stereocenters. The SMILES string of the molecule is CCOC(=O)C1=C(C)N=c2s/c(=C\c3ccc(-c4ccc([N+](=O)[O-])cc4Cl)o3)c(=O)n2C1c1ccc(OC)cc1. The highest BCUT2D eigenvalue weighted by molar-refractivity contribution is 7.07. The molecule has 3 heterocycles. The summed E-state index contributed by atoms with van der Waals surface area (Å²) in [6, 6.07) is 13.8. The van der Waals surface area contributed by atoms with E-state index in [-0.39, 0.29) is 28.4 Å². The molecule has 1 aliphatic heterocycles. The minimum Gasteiger partial charge on any atom is -0.497 e. The third-order valence-corrected chi connectivity index (χ3v) is 7.57. The number of rotatable bonds is 7. The molecule has 0 saturated carbocycles. The summed E-state index contributed by atoms with van der Waals surface area (Å²) in [5.41, 5.74) is 1.41. The number of nitro groups is 1. The number of nitrogens with zero attached hydrogens (tertiary/aromatic N) is 3. The number of hydrogen-bond donors (Lipinski definition) is 0. The topological polar surface area (TPSA) is 126 Å². The van der Waals surface area contributed by atoms with Crippen molar-refractivity contribution >= 4 is 40.7 Å². The molecule has 40 heavy (non-hydrogen) atoms. The molecule has 10 nitrogen and oxygen atoms in total. The number of allylic oxidation sites excluding steroid dienone is 1. The Balaban J connectivity index is 1.60. The zero-order valence-electron chi connectivity index (χ0n) is 21.5. The largest absolute Gasteiger partial charge is 0.497 e. The van der Waals surface area contributed by atoms with Crippen molar-refractivity contribution < 1.29 is 23.6 Å². The Morgan fingerprint density at radius 1 is 1.23 bits per heavy atom. The van der Waals surface area contributed by atoms with Gasteiger partial charge in [-0.1, -0.05) is 35.1 Å². The van der Waals surface area contributed by atoms with Crippen LogP contribution in [0.2, 0.25) is 5.02 Å². The maximum Gasteiger partial charge on any atom is 0.338 e. The van der Waals surface area contributed by atoms with Crippen LogP contribution in [-0.4, -0.2) is 29.2 Å². The van der Waals surface area contributed by atoms with Crippen LogP contribution < -0.4 is 19.6 Å². The number of nitro benzene ring substituents is 1. The number of carbonyl (C=O) groups is 1. The molecular formula is C28H22ClN3O7S. The first kappa shape index (κ1) is 27.1. The van der Waals surface area contributed by atoms with Crippen LogP contribution in [0, 0.1) is 10.1 Å². The van der Waals surface area contributed by atoms with Crippen molar-refractivity contribution in [2.24, 2.45) is 4.99 Å². The Bertz CT molecular complexity index is 1850. The van der Waals surface area contributed by atoms with Gasteiger partial charge in [-0.2, -0.15) is 0 Å². The van der Waals surface area contributed by atoms with Crippen LogP contribution in [0.15, 0.2) is 80.1 Å². The minimum absolute atomic E-state index is 0.134. The molecule has 1 aliphatic rings. The second-order valence-electron chi connectivity index (χ2n) is 8.70. The lowest BCUT2D eigenvalue weighted by Crippen LogP contribution is -2.39. The van der Waals surface area contributed by atoms with Crippen LogP contribution in [0.1, 0.15) is 31.2 Å². The van der Waals surface area contributed by atoms with Crippen molar-refractivity contribution in [1.29, 1.82) is 0 Å². The summed E-state index contributed by atoms with van der Waals surface area (Å²) in [6.07, 6.45) is 1.58. The van der Waals surface area contributed by atoms with E-state index < -0.39 is 16.9 Å². The number of methoxy groups -OCH3 is 1. The van der Waals surface area contributed by atoms with Gasteiger partial charge in [0.1, 0.15) is 17.3 Å². The van der Waals surface area contributed by atoms with Crippen molar-refractivity contribution in [3.05, 3.63) is 112 Å². The average molecular weight is 580 g/mol. The van der Waals surface area contributed by atoms with E-state index in [1.807, 2.05) is 0 Å². The summed E-state index contributed by atoms with van der Waals surface area (Å²) in [5.74, 6) is 0.846. The molecule has 2 aromatic heterocycles. The lowest BCUT2D eigenvalue weighted by molar-refractivity contribution is -0.384. The highest BCUT2D eigenvalue weighted by Crippen LogP contribution is 2.33. The minimum atomic E-state index is -0.755. The summed E-state index contributed by atoms with van der Waals surface area (Å²) >= 11 is 7.41. The molecule has 0 spiro atoms. The van der Waals surface area contributed by atoms with Gasteiger partial charge in [0.2, 0.25) is 0 Å².